The number of hydrogen-bond acceptors (Lipinski definition) is 10. The molecule has 13 nitrogen and oxygen atoms in total. The van der Waals surface area contributed by atoms with Crippen molar-refractivity contribution in [1.29, 1.82) is 0 Å². The molecule has 1 unspecified atom stereocenters. The van der Waals surface area contributed by atoms with Crippen molar-refractivity contribution in [3.05, 3.63) is 108 Å². The van der Waals surface area contributed by atoms with Crippen LogP contribution in [-0.2, 0) is 32.0 Å². The predicted octanol–water partition coefficient (Wildman–Crippen LogP) is 5.58. The summed E-state index contributed by atoms with van der Waals surface area (Å²) in [5.74, 6) is 0.759. The van der Waals surface area contributed by atoms with E-state index in [0.29, 0.717) is 43.7 Å². The average molecular weight is 792 g/mol. The number of benzene rings is 4. The number of aliphatic hydroxyl groups is 1. The molecule has 306 valence electrons. The van der Waals surface area contributed by atoms with E-state index in [-0.39, 0.29) is 54.7 Å². The second kappa shape index (κ2) is 19.3. The first-order chi connectivity index (χ1) is 28.2. The van der Waals surface area contributed by atoms with E-state index < -0.39 is 12.2 Å². The van der Waals surface area contributed by atoms with Crippen LogP contribution in [0.3, 0.4) is 0 Å². The lowest BCUT2D eigenvalue weighted by Crippen LogP contribution is -2.35. The van der Waals surface area contributed by atoms with Gasteiger partial charge in [-0.2, -0.15) is 0 Å². The minimum atomic E-state index is -0.938. The lowest BCUT2D eigenvalue weighted by molar-refractivity contribution is -0.131. The fourth-order valence-electron chi connectivity index (χ4n) is 8.26. The first-order valence-electron chi connectivity index (χ1n) is 20.1. The van der Waals surface area contributed by atoms with Crippen LogP contribution in [0.4, 0.5) is 16.2 Å². The van der Waals surface area contributed by atoms with E-state index in [1.165, 1.54) is 17.2 Å². The molecular formula is C45H53N5O8. The van der Waals surface area contributed by atoms with Crippen molar-refractivity contribution in [2.75, 3.05) is 70.2 Å². The van der Waals surface area contributed by atoms with E-state index in [0.717, 1.165) is 55.7 Å². The summed E-state index contributed by atoms with van der Waals surface area (Å²) in [5, 5.41) is 29.5. The van der Waals surface area contributed by atoms with Crippen molar-refractivity contribution in [2.24, 2.45) is 11.8 Å². The summed E-state index contributed by atoms with van der Waals surface area (Å²) >= 11 is 0. The molecule has 13 heteroatoms. The van der Waals surface area contributed by atoms with E-state index in [1.807, 2.05) is 54.6 Å². The Hall–Kier alpha value is -5.47. The van der Waals surface area contributed by atoms with Crippen LogP contribution < -0.4 is 20.7 Å². The molecule has 1 saturated heterocycles. The normalized spacial score (nSPS) is 19.1. The highest BCUT2D eigenvalue weighted by atomic mass is 16.6. The SMILES string of the molecule is CN(CCNC[C@H](O)c1ccc(O)c2c1OCC(=O)N2)C(=O)CCOCCc1cccc(CN2C[C@H]3CC(OC(=O)Nc4ccccc4-c4ccccc4)C[C@H]3C2)c1. The van der Waals surface area contributed by atoms with Gasteiger partial charge in [-0.15, -0.1) is 0 Å². The Bertz CT molecular complexity index is 2030. The molecule has 0 radical (unpaired) electrons. The van der Waals surface area contributed by atoms with Gasteiger partial charge < -0.3 is 40.0 Å². The third-order valence-corrected chi connectivity index (χ3v) is 11.2. The highest BCUT2D eigenvalue weighted by molar-refractivity contribution is 5.97. The first kappa shape index (κ1) is 40.7. The van der Waals surface area contributed by atoms with E-state index >= 15 is 0 Å². The van der Waals surface area contributed by atoms with E-state index in [9.17, 15) is 24.6 Å². The maximum Gasteiger partial charge on any atom is 0.411 e. The average Bonchev–Trinajstić information content (AvgIpc) is 3.77. The van der Waals surface area contributed by atoms with Gasteiger partial charge in [0.2, 0.25) is 5.91 Å². The zero-order chi connectivity index (χ0) is 40.4. The molecular weight excluding hydrogens is 739 g/mol. The Morgan fingerprint density at radius 2 is 1.72 bits per heavy atom. The van der Waals surface area contributed by atoms with E-state index in [2.05, 4.69) is 45.1 Å². The number of para-hydroxylation sites is 1. The lowest BCUT2D eigenvalue weighted by Gasteiger charge is -2.24. The van der Waals surface area contributed by atoms with Crippen molar-refractivity contribution in [2.45, 2.75) is 44.4 Å². The molecule has 2 heterocycles. The van der Waals surface area contributed by atoms with Gasteiger partial charge in [0.1, 0.15) is 17.5 Å². The molecule has 5 N–H and O–H groups in total. The molecule has 1 saturated carbocycles. The Morgan fingerprint density at radius 3 is 2.53 bits per heavy atom. The summed E-state index contributed by atoms with van der Waals surface area (Å²) in [6.07, 6.45) is 1.39. The number of rotatable bonds is 17. The van der Waals surface area contributed by atoms with Crippen LogP contribution >= 0.6 is 0 Å². The smallest absolute Gasteiger partial charge is 0.411 e. The number of ether oxygens (including phenoxy) is 3. The summed E-state index contributed by atoms with van der Waals surface area (Å²) in [4.78, 5) is 41.4. The number of aliphatic hydroxyl groups excluding tert-OH is 1. The zero-order valence-corrected chi connectivity index (χ0v) is 32.9. The Morgan fingerprint density at radius 1 is 0.966 bits per heavy atom. The molecule has 58 heavy (non-hydrogen) atoms. The number of phenolic OH excluding ortho intramolecular Hbond substituents is 1. The number of hydrogen-bond donors (Lipinski definition) is 5. The molecule has 7 rings (SSSR count). The molecule has 4 atom stereocenters. The van der Waals surface area contributed by atoms with Gasteiger partial charge in [0.05, 0.1) is 31.4 Å². The van der Waals surface area contributed by atoms with Gasteiger partial charge >= 0.3 is 6.09 Å². The fraction of sp³-hybridized carbons (Fsp3) is 0.400. The van der Waals surface area contributed by atoms with Crippen molar-refractivity contribution in [1.82, 2.24) is 15.1 Å². The Labute approximate surface area is 339 Å². The molecule has 4 aromatic rings. The number of nitrogens with zero attached hydrogens (tertiary/aromatic N) is 2. The van der Waals surface area contributed by atoms with Crippen LogP contribution in [0.5, 0.6) is 11.5 Å². The monoisotopic (exact) mass is 791 g/mol. The molecule has 0 aromatic heterocycles. The number of carbonyl (C=O) groups excluding carboxylic acids is 3. The number of nitrogens with one attached hydrogen (secondary N) is 3. The third kappa shape index (κ3) is 10.5. The van der Waals surface area contributed by atoms with E-state index in [4.69, 9.17) is 14.2 Å². The summed E-state index contributed by atoms with van der Waals surface area (Å²) < 4.78 is 17.2. The molecule has 1 aliphatic carbocycles. The number of fused-ring (bicyclic) bond motifs is 2. The molecule has 2 fully saturated rings. The molecule has 2 aliphatic heterocycles. The highest BCUT2D eigenvalue weighted by Gasteiger charge is 2.42. The molecule has 3 amide bonds. The van der Waals surface area contributed by atoms with Crippen LogP contribution in [0.1, 0.15) is 42.1 Å². The minimum Gasteiger partial charge on any atom is -0.506 e. The molecule has 3 aliphatic rings. The number of likely N-dealkylation sites (tertiary alicyclic amines) is 1. The summed E-state index contributed by atoms with van der Waals surface area (Å²) in [5.41, 5.74) is 5.83. The number of likely N-dealkylation sites (N-methyl/N-ethyl adjacent to an activating group) is 1. The van der Waals surface area contributed by atoms with Crippen molar-refractivity contribution >= 4 is 29.3 Å². The van der Waals surface area contributed by atoms with Gasteiger partial charge in [-0.3, -0.25) is 19.8 Å². The zero-order valence-electron chi connectivity index (χ0n) is 32.9. The maximum atomic E-state index is 12.9. The van der Waals surface area contributed by atoms with Gasteiger partial charge in [-0.05, 0) is 66.0 Å². The van der Waals surface area contributed by atoms with E-state index in [1.54, 1.807) is 18.0 Å². The lowest BCUT2D eigenvalue weighted by atomic mass is 10.0. The van der Waals surface area contributed by atoms with Gasteiger partial charge in [0.15, 0.2) is 12.4 Å². The quantitative estimate of drug-likeness (QED) is 0.0675. The minimum absolute atomic E-state index is 0.0257. The second-order valence-electron chi connectivity index (χ2n) is 15.4. The molecule has 4 aromatic carbocycles. The van der Waals surface area contributed by atoms with Crippen LogP contribution in [0.25, 0.3) is 11.1 Å². The number of aromatic hydroxyl groups is 1. The first-order valence-corrected chi connectivity index (χ1v) is 20.1. The molecule has 0 spiro atoms. The number of phenols is 1. The second-order valence-corrected chi connectivity index (χ2v) is 15.4. The van der Waals surface area contributed by atoms with Gasteiger partial charge in [0, 0.05) is 57.4 Å². The van der Waals surface area contributed by atoms with Crippen molar-refractivity contribution in [3.63, 3.8) is 0 Å². The number of anilines is 2. The molecule has 0 bridgehead atoms. The number of amides is 3. The topological polar surface area (TPSA) is 162 Å². The van der Waals surface area contributed by atoms with Crippen molar-refractivity contribution in [3.8, 4) is 22.6 Å². The number of carbonyl (C=O) groups is 3. The maximum absolute atomic E-state index is 12.9. The van der Waals surface area contributed by atoms with Gasteiger partial charge in [-0.25, -0.2) is 4.79 Å². The van der Waals surface area contributed by atoms with Gasteiger partial charge in [0.25, 0.3) is 5.91 Å². The summed E-state index contributed by atoms with van der Waals surface area (Å²) in [6, 6.07) is 29.4. The third-order valence-electron chi connectivity index (χ3n) is 11.2. The highest BCUT2D eigenvalue weighted by Crippen LogP contribution is 2.42. The largest absolute Gasteiger partial charge is 0.506 e. The fourth-order valence-corrected chi connectivity index (χ4v) is 8.26. The standard InChI is InChI=1S/C45H53N5O8/c1-49(19-18-46-25-40(52)37-14-15-39(51)43-44(37)57-29-41(53)48-43)42(54)17-21-56-20-16-30-8-7-9-31(22-30)26-50-27-33-23-35(24-34(33)28-50)58-45(55)47-38-13-6-5-12-36(38)32-10-3-2-4-11-32/h2-15,22,33-35,40,46,51-52H,16-21,23-29H2,1H3,(H,47,55)(H,48,53)/t33-,34+,35?,40-/m0/s1. The summed E-state index contributed by atoms with van der Waals surface area (Å²) in [6.45, 7) is 4.65. The van der Waals surface area contributed by atoms with Crippen LogP contribution in [0.2, 0.25) is 0 Å². The van der Waals surface area contributed by atoms with Crippen LogP contribution in [0, 0.1) is 11.8 Å². The summed E-state index contributed by atoms with van der Waals surface area (Å²) in [7, 11) is 1.74. The van der Waals surface area contributed by atoms with Crippen molar-refractivity contribution < 1.29 is 38.8 Å². The predicted molar refractivity (Wildman–Crippen MR) is 221 cm³/mol. The Balaban J connectivity index is 0.756. The van der Waals surface area contributed by atoms with Crippen LogP contribution in [-0.4, -0.2) is 104 Å². The van der Waals surface area contributed by atoms with Crippen LogP contribution in [0.15, 0.2) is 91.0 Å². The van der Waals surface area contributed by atoms with Gasteiger partial charge in [-0.1, -0.05) is 72.8 Å². The Kier molecular flexibility index (Phi) is 13.6.